The Morgan fingerprint density at radius 1 is 1.14 bits per heavy atom. The summed E-state index contributed by atoms with van der Waals surface area (Å²) in [6, 6.07) is 2.84. The van der Waals surface area contributed by atoms with Gasteiger partial charge in [-0.15, -0.1) is 0 Å². The van der Waals surface area contributed by atoms with E-state index in [1.54, 1.807) is 6.92 Å². The summed E-state index contributed by atoms with van der Waals surface area (Å²) >= 11 is 12.1. The summed E-state index contributed by atoms with van der Waals surface area (Å²) in [7, 11) is 0. The number of rotatable bonds is 6. The van der Waals surface area contributed by atoms with Crippen LogP contribution in [0.15, 0.2) is 12.1 Å². The number of piperidine rings is 1. The molecule has 1 saturated carbocycles. The van der Waals surface area contributed by atoms with Crippen LogP contribution in [-0.4, -0.2) is 42.6 Å². The minimum Gasteiger partial charge on any atom is -0.487 e. The first-order chi connectivity index (χ1) is 13.4. The Labute approximate surface area is 176 Å². The van der Waals surface area contributed by atoms with Crippen molar-refractivity contribution in [2.24, 2.45) is 5.92 Å². The second kappa shape index (κ2) is 10.1. The Morgan fingerprint density at radius 3 is 2.32 bits per heavy atom. The number of carbonyl (C=O) groups excluding carboxylic acids is 1. The molecule has 4 nitrogen and oxygen atoms in total. The molecule has 3 rings (SSSR count). The van der Waals surface area contributed by atoms with Crippen LogP contribution in [0.1, 0.15) is 51.9 Å². The molecule has 156 valence electrons. The molecule has 1 amide bonds. The highest BCUT2D eigenvalue weighted by Gasteiger charge is 2.25. The number of hydrogen-bond donors (Lipinski definition) is 1. The van der Waals surface area contributed by atoms with E-state index in [4.69, 9.17) is 27.9 Å². The molecule has 2 fully saturated rings. The second-order valence-electron chi connectivity index (χ2n) is 8.06. The molecule has 1 aromatic carbocycles. The van der Waals surface area contributed by atoms with Crippen LogP contribution in [0.5, 0.6) is 5.75 Å². The third-order valence-electron chi connectivity index (χ3n) is 5.89. The minimum atomic E-state index is -0.455. The first-order valence-corrected chi connectivity index (χ1v) is 11.0. The lowest BCUT2D eigenvalue weighted by atomic mass is 9.84. The average molecular weight is 431 g/mol. The Balaban J connectivity index is 1.37. The van der Waals surface area contributed by atoms with E-state index in [0.717, 1.165) is 51.2 Å². The van der Waals surface area contributed by atoms with Crippen LogP contribution in [0.3, 0.4) is 0 Å². The van der Waals surface area contributed by atoms with Gasteiger partial charge in [0.25, 0.3) is 0 Å². The standard InChI is InChI=1S/C21H29Cl2FN2O2/c1-14(27)25-17-4-2-15(3-5-17)6-9-26-10-7-18(8-11-26)28-21-19(22)12-16(24)13-20(21)23/h12-13,15,17-18H,2-11H2,1H3,(H,25,27)/t15-,17-. The summed E-state index contributed by atoms with van der Waals surface area (Å²) in [4.78, 5) is 13.7. The summed E-state index contributed by atoms with van der Waals surface area (Å²) < 4.78 is 19.3. The predicted molar refractivity (Wildman–Crippen MR) is 111 cm³/mol. The van der Waals surface area contributed by atoms with E-state index in [-0.39, 0.29) is 22.1 Å². The molecule has 7 heteroatoms. The van der Waals surface area contributed by atoms with Crippen molar-refractivity contribution in [2.45, 2.75) is 64.0 Å². The number of halogens is 3. The smallest absolute Gasteiger partial charge is 0.217 e. The quantitative estimate of drug-likeness (QED) is 0.685. The van der Waals surface area contributed by atoms with Gasteiger partial charge in [-0.25, -0.2) is 4.39 Å². The van der Waals surface area contributed by atoms with E-state index >= 15 is 0 Å². The number of benzene rings is 1. The molecule has 1 aliphatic carbocycles. The van der Waals surface area contributed by atoms with Gasteiger partial charge in [0, 0.05) is 26.1 Å². The van der Waals surface area contributed by atoms with Crippen LogP contribution in [0, 0.1) is 11.7 Å². The normalized spacial score (nSPS) is 24.1. The van der Waals surface area contributed by atoms with Crippen molar-refractivity contribution in [2.75, 3.05) is 19.6 Å². The summed E-state index contributed by atoms with van der Waals surface area (Å²) in [6.45, 7) is 4.68. The Morgan fingerprint density at radius 2 is 1.75 bits per heavy atom. The van der Waals surface area contributed by atoms with E-state index in [1.807, 2.05) is 0 Å². The Kier molecular flexibility index (Phi) is 7.84. The number of likely N-dealkylation sites (tertiary alicyclic amines) is 1. The van der Waals surface area contributed by atoms with E-state index in [1.165, 1.54) is 31.4 Å². The van der Waals surface area contributed by atoms with E-state index in [2.05, 4.69) is 10.2 Å². The third-order valence-corrected chi connectivity index (χ3v) is 6.45. The molecule has 0 spiro atoms. The summed E-state index contributed by atoms with van der Waals surface area (Å²) in [5.41, 5.74) is 0. The lowest BCUT2D eigenvalue weighted by Crippen LogP contribution is -2.40. The van der Waals surface area contributed by atoms with Gasteiger partial charge >= 0.3 is 0 Å². The molecule has 1 aromatic rings. The fourth-order valence-corrected chi connectivity index (χ4v) is 4.86. The topological polar surface area (TPSA) is 41.6 Å². The molecule has 0 atom stereocenters. The fraction of sp³-hybridized carbons (Fsp3) is 0.667. The first kappa shape index (κ1) is 21.7. The molecule has 2 aliphatic rings. The zero-order chi connectivity index (χ0) is 20.1. The zero-order valence-electron chi connectivity index (χ0n) is 16.4. The maximum absolute atomic E-state index is 13.3. The number of hydrogen-bond acceptors (Lipinski definition) is 3. The lowest BCUT2D eigenvalue weighted by molar-refractivity contribution is -0.119. The Bertz CT molecular complexity index is 649. The van der Waals surface area contributed by atoms with E-state index < -0.39 is 5.82 Å². The van der Waals surface area contributed by atoms with Gasteiger partial charge in [-0.3, -0.25) is 4.79 Å². The number of ether oxygens (including phenoxy) is 1. The molecular formula is C21H29Cl2FN2O2. The highest BCUT2D eigenvalue weighted by Crippen LogP contribution is 2.35. The molecule has 0 radical (unpaired) electrons. The third kappa shape index (κ3) is 6.23. The van der Waals surface area contributed by atoms with Crippen LogP contribution in [0.4, 0.5) is 4.39 Å². The summed E-state index contributed by atoms with van der Waals surface area (Å²) in [5, 5.41) is 3.49. The maximum Gasteiger partial charge on any atom is 0.217 e. The molecule has 0 bridgehead atoms. The zero-order valence-corrected chi connectivity index (χ0v) is 17.9. The predicted octanol–water partition coefficient (Wildman–Crippen LogP) is 5.06. The van der Waals surface area contributed by atoms with Gasteiger partial charge in [0.15, 0.2) is 5.75 Å². The number of nitrogens with zero attached hydrogens (tertiary/aromatic N) is 1. The van der Waals surface area contributed by atoms with Crippen LogP contribution in [0.2, 0.25) is 10.0 Å². The van der Waals surface area contributed by atoms with Crippen LogP contribution in [-0.2, 0) is 4.79 Å². The minimum absolute atomic E-state index is 0.0600. The first-order valence-electron chi connectivity index (χ1n) is 10.2. The largest absolute Gasteiger partial charge is 0.487 e. The van der Waals surface area contributed by atoms with Gasteiger partial charge in [-0.05, 0) is 69.5 Å². The maximum atomic E-state index is 13.3. The van der Waals surface area contributed by atoms with Gasteiger partial charge < -0.3 is 15.0 Å². The fourth-order valence-electron chi connectivity index (χ4n) is 4.31. The van der Waals surface area contributed by atoms with Gasteiger partial charge in [0.1, 0.15) is 11.9 Å². The summed E-state index contributed by atoms with van der Waals surface area (Å²) in [5.74, 6) is 0.773. The van der Waals surface area contributed by atoms with Crippen molar-refractivity contribution in [1.29, 1.82) is 0 Å². The number of nitrogens with one attached hydrogen (secondary N) is 1. The van der Waals surface area contributed by atoms with Crippen molar-refractivity contribution >= 4 is 29.1 Å². The molecule has 1 N–H and O–H groups in total. The van der Waals surface area contributed by atoms with Crippen LogP contribution in [0.25, 0.3) is 0 Å². The van der Waals surface area contributed by atoms with Crippen molar-refractivity contribution in [3.05, 3.63) is 28.0 Å². The molecule has 1 aliphatic heterocycles. The van der Waals surface area contributed by atoms with Gasteiger partial charge in [0.05, 0.1) is 10.0 Å². The van der Waals surface area contributed by atoms with Crippen molar-refractivity contribution < 1.29 is 13.9 Å². The van der Waals surface area contributed by atoms with Crippen LogP contribution >= 0.6 is 23.2 Å². The molecule has 0 unspecified atom stereocenters. The molecule has 0 aromatic heterocycles. The highest BCUT2D eigenvalue weighted by molar-refractivity contribution is 6.37. The van der Waals surface area contributed by atoms with Crippen molar-refractivity contribution in [1.82, 2.24) is 10.2 Å². The molecular weight excluding hydrogens is 402 g/mol. The SMILES string of the molecule is CC(=O)N[C@H]1CC[C@H](CCN2CCC(Oc3c(Cl)cc(F)cc3Cl)CC2)CC1. The van der Waals surface area contributed by atoms with E-state index in [0.29, 0.717) is 11.8 Å². The number of carbonyl (C=O) groups is 1. The molecule has 1 heterocycles. The molecule has 1 saturated heterocycles. The van der Waals surface area contributed by atoms with Gasteiger partial charge in [-0.2, -0.15) is 0 Å². The summed E-state index contributed by atoms with van der Waals surface area (Å²) in [6.07, 6.45) is 7.70. The van der Waals surface area contributed by atoms with Gasteiger partial charge in [0.2, 0.25) is 5.91 Å². The Hall–Kier alpha value is -1.04. The molecule has 28 heavy (non-hydrogen) atoms. The van der Waals surface area contributed by atoms with Crippen molar-refractivity contribution in [3.8, 4) is 5.75 Å². The number of amides is 1. The van der Waals surface area contributed by atoms with Crippen LogP contribution < -0.4 is 10.1 Å². The lowest BCUT2D eigenvalue weighted by Gasteiger charge is -2.34. The highest BCUT2D eigenvalue weighted by atomic mass is 35.5. The van der Waals surface area contributed by atoms with Gasteiger partial charge in [-0.1, -0.05) is 23.2 Å². The second-order valence-corrected chi connectivity index (χ2v) is 8.88. The van der Waals surface area contributed by atoms with Crippen molar-refractivity contribution in [3.63, 3.8) is 0 Å². The van der Waals surface area contributed by atoms with E-state index in [9.17, 15) is 9.18 Å². The average Bonchev–Trinajstić information content (AvgIpc) is 2.64. The monoisotopic (exact) mass is 430 g/mol.